The van der Waals surface area contributed by atoms with Gasteiger partial charge in [0.25, 0.3) is 0 Å². The number of ether oxygens (including phenoxy) is 5. The summed E-state index contributed by atoms with van der Waals surface area (Å²) >= 11 is 0. The Morgan fingerprint density at radius 3 is 2.75 bits per heavy atom. The number of oxime groups is 1. The zero-order valence-electron chi connectivity index (χ0n) is 16.5. The summed E-state index contributed by atoms with van der Waals surface area (Å²) in [6, 6.07) is 1.93. The second-order valence-corrected chi connectivity index (χ2v) is 7.32. The van der Waals surface area contributed by atoms with Gasteiger partial charge in [0, 0.05) is 38.2 Å². The standard InChI is InChI=1S/C20H28N2O6/c1-23-17-8-14(18(24-2)20-19(17)26-12-27-20)7-16-9-15(22-28-16)11-21-10-13-3-5-25-6-4-13/h8,13,16,21H,3-7,9-12H2,1-2H3. The highest BCUT2D eigenvalue weighted by Crippen LogP contribution is 2.49. The van der Waals surface area contributed by atoms with Gasteiger partial charge in [0.2, 0.25) is 18.3 Å². The third-order valence-corrected chi connectivity index (χ3v) is 5.41. The maximum Gasteiger partial charge on any atom is 0.231 e. The van der Waals surface area contributed by atoms with E-state index in [9.17, 15) is 0 Å². The Labute approximate surface area is 165 Å². The Kier molecular flexibility index (Phi) is 6.07. The zero-order chi connectivity index (χ0) is 19.3. The van der Waals surface area contributed by atoms with Crippen LogP contribution in [-0.4, -0.2) is 59.1 Å². The van der Waals surface area contributed by atoms with E-state index < -0.39 is 0 Å². The summed E-state index contributed by atoms with van der Waals surface area (Å²) in [7, 11) is 3.25. The first-order chi connectivity index (χ1) is 13.8. The van der Waals surface area contributed by atoms with Crippen LogP contribution in [0.4, 0.5) is 0 Å². The molecule has 8 nitrogen and oxygen atoms in total. The van der Waals surface area contributed by atoms with Crippen LogP contribution in [0.1, 0.15) is 24.8 Å². The number of hydrogen-bond acceptors (Lipinski definition) is 8. The lowest BCUT2D eigenvalue weighted by molar-refractivity contribution is 0.0667. The second-order valence-electron chi connectivity index (χ2n) is 7.32. The quantitative estimate of drug-likeness (QED) is 0.726. The molecule has 0 amide bonds. The first-order valence-electron chi connectivity index (χ1n) is 9.82. The van der Waals surface area contributed by atoms with Gasteiger partial charge < -0.3 is 33.8 Å². The monoisotopic (exact) mass is 392 g/mol. The van der Waals surface area contributed by atoms with E-state index in [4.69, 9.17) is 28.5 Å². The van der Waals surface area contributed by atoms with Crippen molar-refractivity contribution in [1.82, 2.24) is 5.32 Å². The fraction of sp³-hybridized carbons (Fsp3) is 0.650. The summed E-state index contributed by atoms with van der Waals surface area (Å²) in [6.45, 7) is 3.67. The van der Waals surface area contributed by atoms with Crippen molar-refractivity contribution in [3.8, 4) is 23.0 Å². The molecule has 3 heterocycles. The molecule has 1 fully saturated rings. The molecule has 154 valence electrons. The lowest BCUT2D eigenvalue weighted by Gasteiger charge is -2.22. The molecule has 1 atom stereocenters. The van der Waals surface area contributed by atoms with Gasteiger partial charge in [0.05, 0.1) is 19.9 Å². The van der Waals surface area contributed by atoms with Gasteiger partial charge >= 0.3 is 0 Å². The number of hydrogen-bond donors (Lipinski definition) is 1. The molecule has 3 aliphatic heterocycles. The van der Waals surface area contributed by atoms with Crippen LogP contribution in [-0.2, 0) is 16.0 Å². The van der Waals surface area contributed by atoms with Gasteiger partial charge in [0.1, 0.15) is 6.10 Å². The van der Waals surface area contributed by atoms with Crippen LogP contribution < -0.4 is 24.3 Å². The highest BCUT2D eigenvalue weighted by molar-refractivity contribution is 5.87. The van der Waals surface area contributed by atoms with Gasteiger partial charge in [-0.15, -0.1) is 0 Å². The topological polar surface area (TPSA) is 79.8 Å². The van der Waals surface area contributed by atoms with E-state index in [1.54, 1.807) is 14.2 Å². The zero-order valence-corrected chi connectivity index (χ0v) is 16.5. The van der Waals surface area contributed by atoms with Crippen molar-refractivity contribution >= 4 is 5.71 Å². The van der Waals surface area contributed by atoms with Crippen LogP contribution in [0.25, 0.3) is 0 Å². The van der Waals surface area contributed by atoms with E-state index in [1.807, 2.05) is 6.07 Å². The van der Waals surface area contributed by atoms with Crippen LogP contribution in [0.3, 0.4) is 0 Å². The van der Waals surface area contributed by atoms with Crippen LogP contribution in [0, 0.1) is 5.92 Å². The first kappa shape index (κ1) is 19.1. The number of nitrogens with zero attached hydrogens (tertiary/aromatic N) is 1. The average molecular weight is 392 g/mol. The van der Waals surface area contributed by atoms with Gasteiger partial charge in [0.15, 0.2) is 11.5 Å². The van der Waals surface area contributed by atoms with Gasteiger partial charge in [-0.2, -0.15) is 0 Å². The normalized spacial score (nSPS) is 21.4. The molecule has 8 heteroatoms. The Balaban J connectivity index is 1.32. The molecule has 1 aromatic carbocycles. The Morgan fingerprint density at radius 2 is 1.96 bits per heavy atom. The molecule has 0 aliphatic carbocycles. The molecule has 1 unspecified atom stereocenters. The number of rotatable bonds is 8. The van der Waals surface area contributed by atoms with Crippen molar-refractivity contribution in [2.45, 2.75) is 31.8 Å². The van der Waals surface area contributed by atoms with E-state index in [0.29, 0.717) is 35.3 Å². The van der Waals surface area contributed by atoms with Gasteiger partial charge in [-0.05, 0) is 31.4 Å². The van der Waals surface area contributed by atoms with Crippen molar-refractivity contribution in [3.63, 3.8) is 0 Å². The van der Waals surface area contributed by atoms with E-state index in [0.717, 1.165) is 56.8 Å². The third-order valence-electron chi connectivity index (χ3n) is 5.41. The minimum Gasteiger partial charge on any atom is -0.493 e. The van der Waals surface area contributed by atoms with Gasteiger partial charge in [-0.25, -0.2) is 0 Å². The maximum atomic E-state index is 5.66. The Hall–Kier alpha value is -2.19. The first-order valence-corrected chi connectivity index (χ1v) is 9.82. The average Bonchev–Trinajstić information content (AvgIpc) is 3.38. The fourth-order valence-electron chi connectivity index (χ4n) is 3.91. The van der Waals surface area contributed by atoms with Crippen molar-refractivity contribution in [3.05, 3.63) is 11.6 Å². The van der Waals surface area contributed by atoms with Crippen LogP contribution >= 0.6 is 0 Å². The smallest absolute Gasteiger partial charge is 0.231 e. The largest absolute Gasteiger partial charge is 0.493 e. The second kappa shape index (κ2) is 8.87. The van der Waals surface area contributed by atoms with Crippen LogP contribution in [0.5, 0.6) is 23.0 Å². The Morgan fingerprint density at radius 1 is 1.14 bits per heavy atom. The van der Waals surface area contributed by atoms with E-state index in [2.05, 4.69) is 10.5 Å². The minimum atomic E-state index is -0.0288. The third kappa shape index (κ3) is 4.12. The molecule has 0 aromatic heterocycles. The molecule has 1 N–H and O–H groups in total. The van der Waals surface area contributed by atoms with Crippen LogP contribution in [0.15, 0.2) is 11.2 Å². The Bertz CT molecular complexity index is 717. The molecule has 0 saturated carbocycles. The molecule has 4 rings (SSSR count). The molecule has 0 spiro atoms. The van der Waals surface area contributed by atoms with Crippen LogP contribution in [0.2, 0.25) is 0 Å². The molecular weight excluding hydrogens is 364 g/mol. The summed E-state index contributed by atoms with van der Waals surface area (Å²) in [6.07, 6.45) is 3.68. The lowest BCUT2D eigenvalue weighted by Crippen LogP contribution is -2.31. The fourth-order valence-corrected chi connectivity index (χ4v) is 3.91. The van der Waals surface area contributed by atoms with Crippen molar-refractivity contribution in [1.29, 1.82) is 0 Å². The molecule has 0 bridgehead atoms. The number of nitrogens with one attached hydrogen (secondary N) is 1. The van der Waals surface area contributed by atoms with Crippen molar-refractivity contribution in [2.24, 2.45) is 11.1 Å². The van der Waals surface area contributed by atoms with E-state index in [-0.39, 0.29) is 12.9 Å². The number of methoxy groups -OCH3 is 2. The molecule has 3 aliphatic rings. The highest BCUT2D eigenvalue weighted by atomic mass is 16.7. The number of fused-ring (bicyclic) bond motifs is 1. The molecular formula is C20H28N2O6. The summed E-state index contributed by atoms with van der Waals surface area (Å²) in [4.78, 5) is 5.66. The van der Waals surface area contributed by atoms with E-state index in [1.165, 1.54) is 0 Å². The van der Waals surface area contributed by atoms with Gasteiger partial charge in [-0.3, -0.25) is 0 Å². The molecule has 0 radical (unpaired) electrons. The summed E-state index contributed by atoms with van der Waals surface area (Å²) in [5.41, 5.74) is 2.00. The predicted molar refractivity (Wildman–Crippen MR) is 103 cm³/mol. The highest BCUT2D eigenvalue weighted by Gasteiger charge is 2.30. The van der Waals surface area contributed by atoms with Crippen molar-refractivity contribution < 1.29 is 28.5 Å². The molecule has 28 heavy (non-hydrogen) atoms. The summed E-state index contributed by atoms with van der Waals surface area (Å²) in [5, 5.41) is 7.78. The summed E-state index contributed by atoms with van der Waals surface area (Å²) in [5.74, 6) is 3.18. The maximum absolute atomic E-state index is 5.66. The molecule has 1 aromatic rings. The predicted octanol–water partition coefficient (Wildman–Crippen LogP) is 2.14. The molecule has 1 saturated heterocycles. The minimum absolute atomic E-state index is 0.0288. The SMILES string of the molecule is COc1cc(CC2CC(CNCC3CCOCC3)=NO2)c(OC)c2c1OCO2. The lowest BCUT2D eigenvalue weighted by atomic mass is 10.00. The summed E-state index contributed by atoms with van der Waals surface area (Å²) < 4.78 is 27.5. The van der Waals surface area contributed by atoms with Gasteiger partial charge in [-0.1, -0.05) is 5.16 Å². The van der Waals surface area contributed by atoms with E-state index >= 15 is 0 Å². The number of benzene rings is 1. The van der Waals surface area contributed by atoms with Crippen molar-refractivity contribution in [2.75, 3.05) is 47.3 Å².